The summed E-state index contributed by atoms with van der Waals surface area (Å²) in [5, 5.41) is 0. The lowest BCUT2D eigenvalue weighted by molar-refractivity contribution is -0.0352. The molecular weight excluding hydrogens is 160 g/mol. The summed E-state index contributed by atoms with van der Waals surface area (Å²) in [7, 11) is 0. The Morgan fingerprint density at radius 1 is 1.23 bits per heavy atom. The van der Waals surface area contributed by atoms with Crippen LogP contribution in [0.2, 0.25) is 0 Å². The van der Waals surface area contributed by atoms with E-state index < -0.39 is 0 Å². The highest BCUT2D eigenvalue weighted by Crippen LogP contribution is 2.29. The van der Waals surface area contributed by atoms with E-state index in [1.807, 2.05) is 6.07 Å². The average Bonchev–Trinajstić information content (AvgIpc) is 2.12. The summed E-state index contributed by atoms with van der Waals surface area (Å²) in [4.78, 5) is 0. The second-order valence-electron chi connectivity index (χ2n) is 4.00. The van der Waals surface area contributed by atoms with Gasteiger partial charge in [0, 0.05) is 0 Å². The van der Waals surface area contributed by atoms with Gasteiger partial charge in [0.25, 0.3) is 0 Å². The van der Waals surface area contributed by atoms with Gasteiger partial charge in [0.05, 0.1) is 12.7 Å². The topological polar surface area (TPSA) is 9.23 Å². The van der Waals surface area contributed by atoms with Crippen LogP contribution >= 0.6 is 0 Å². The van der Waals surface area contributed by atoms with Crippen molar-refractivity contribution in [3.8, 4) is 0 Å². The van der Waals surface area contributed by atoms with Gasteiger partial charge >= 0.3 is 0 Å². The molecule has 0 atom stereocenters. The number of hydrogen-bond acceptors (Lipinski definition) is 1. The summed E-state index contributed by atoms with van der Waals surface area (Å²) in [5.74, 6) is 0.876. The van der Waals surface area contributed by atoms with Crippen LogP contribution in [0.1, 0.15) is 25.3 Å². The number of ether oxygens (including phenoxy) is 1. The highest BCUT2D eigenvalue weighted by Gasteiger charge is 2.25. The molecule has 0 bridgehead atoms. The second-order valence-corrected chi connectivity index (χ2v) is 4.00. The largest absolute Gasteiger partial charge is 0.374 e. The minimum atomic E-state index is 0.523. The van der Waals surface area contributed by atoms with Crippen molar-refractivity contribution < 1.29 is 4.74 Å². The molecule has 1 nitrogen and oxygen atoms in total. The van der Waals surface area contributed by atoms with E-state index in [1.54, 1.807) is 0 Å². The SMILES string of the molecule is CC1CC(OCc2ccccc2)C1. The lowest BCUT2D eigenvalue weighted by Crippen LogP contribution is -2.29. The summed E-state index contributed by atoms with van der Waals surface area (Å²) in [5.41, 5.74) is 1.28. The first-order valence-electron chi connectivity index (χ1n) is 5.00. The van der Waals surface area contributed by atoms with Crippen molar-refractivity contribution in [1.82, 2.24) is 0 Å². The van der Waals surface area contributed by atoms with E-state index in [9.17, 15) is 0 Å². The highest BCUT2D eigenvalue weighted by atomic mass is 16.5. The molecule has 1 aromatic carbocycles. The van der Waals surface area contributed by atoms with Crippen LogP contribution in [0.5, 0.6) is 0 Å². The Balaban J connectivity index is 1.74. The third kappa shape index (κ3) is 2.31. The molecule has 1 aliphatic rings. The molecule has 1 fully saturated rings. The van der Waals surface area contributed by atoms with Gasteiger partial charge in [-0.15, -0.1) is 0 Å². The monoisotopic (exact) mass is 176 g/mol. The zero-order chi connectivity index (χ0) is 9.10. The molecule has 13 heavy (non-hydrogen) atoms. The first-order valence-corrected chi connectivity index (χ1v) is 5.00. The molecule has 0 amide bonds. The normalized spacial score (nSPS) is 26.8. The van der Waals surface area contributed by atoms with Crippen LogP contribution in [0.3, 0.4) is 0 Å². The zero-order valence-electron chi connectivity index (χ0n) is 8.07. The summed E-state index contributed by atoms with van der Waals surface area (Å²) in [6, 6.07) is 10.4. The number of hydrogen-bond donors (Lipinski definition) is 0. The van der Waals surface area contributed by atoms with Gasteiger partial charge in [-0.2, -0.15) is 0 Å². The lowest BCUT2D eigenvalue weighted by atomic mass is 9.84. The Labute approximate surface area is 79.7 Å². The lowest BCUT2D eigenvalue weighted by Gasteiger charge is -2.32. The second kappa shape index (κ2) is 3.93. The maximum atomic E-state index is 5.73. The minimum Gasteiger partial charge on any atom is -0.374 e. The molecule has 0 radical (unpaired) electrons. The Kier molecular flexibility index (Phi) is 2.65. The number of rotatable bonds is 3. The predicted molar refractivity (Wildman–Crippen MR) is 53.4 cm³/mol. The van der Waals surface area contributed by atoms with Gasteiger partial charge in [-0.05, 0) is 24.3 Å². The van der Waals surface area contributed by atoms with Crippen molar-refractivity contribution >= 4 is 0 Å². The molecule has 1 aromatic rings. The van der Waals surface area contributed by atoms with Gasteiger partial charge in [0.1, 0.15) is 0 Å². The third-order valence-corrected chi connectivity index (χ3v) is 2.66. The molecule has 0 saturated heterocycles. The van der Waals surface area contributed by atoms with Crippen molar-refractivity contribution in [3.05, 3.63) is 35.9 Å². The Morgan fingerprint density at radius 3 is 2.54 bits per heavy atom. The average molecular weight is 176 g/mol. The van der Waals surface area contributed by atoms with Crippen molar-refractivity contribution in [3.63, 3.8) is 0 Å². The first kappa shape index (κ1) is 8.76. The number of benzene rings is 1. The van der Waals surface area contributed by atoms with E-state index in [1.165, 1.54) is 18.4 Å². The molecule has 70 valence electrons. The summed E-state index contributed by atoms with van der Waals surface area (Å²) < 4.78 is 5.73. The van der Waals surface area contributed by atoms with E-state index in [4.69, 9.17) is 4.74 Å². The first-order chi connectivity index (χ1) is 6.34. The highest BCUT2D eigenvalue weighted by molar-refractivity contribution is 5.13. The summed E-state index contributed by atoms with van der Waals surface area (Å²) in [6.07, 6.45) is 3.01. The molecule has 2 rings (SSSR count). The molecule has 0 heterocycles. The van der Waals surface area contributed by atoms with Crippen LogP contribution in [0, 0.1) is 5.92 Å². The molecule has 1 heteroatoms. The molecule has 0 aliphatic heterocycles. The Morgan fingerprint density at radius 2 is 1.92 bits per heavy atom. The third-order valence-electron chi connectivity index (χ3n) is 2.66. The van der Waals surface area contributed by atoms with E-state index in [0.717, 1.165) is 12.5 Å². The van der Waals surface area contributed by atoms with Crippen molar-refractivity contribution in [2.75, 3.05) is 0 Å². The smallest absolute Gasteiger partial charge is 0.0720 e. The van der Waals surface area contributed by atoms with E-state index in [2.05, 4.69) is 31.2 Å². The standard InChI is InChI=1S/C12H16O/c1-10-7-12(8-10)13-9-11-5-3-2-4-6-11/h2-6,10,12H,7-9H2,1H3. The fraction of sp³-hybridized carbons (Fsp3) is 0.500. The molecule has 0 spiro atoms. The molecule has 0 aromatic heterocycles. The molecule has 1 aliphatic carbocycles. The van der Waals surface area contributed by atoms with Gasteiger partial charge in [-0.3, -0.25) is 0 Å². The fourth-order valence-corrected chi connectivity index (χ4v) is 1.75. The fourth-order valence-electron chi connectivity index (χ4n) is 1.75. The van der Waals surface area contributed by atoms with Gasteiger partial charge in [-0.25, -0.2) is 0 Å². The maximum Gasteiger partial charge on any atom is 0.0720 e. The van der Waals surface area contributed by atoms with Crippen LogP contribution in [0.4, 0.5) is 0 Å². The molecule has 0 unspecified atom stereocenters. The quantitative estimate of drug-likeness (QED) is 0.688. The Hall–Kier alpha value is -0.820. The molecular formula is C12H16O. The van der Waals surface area contributed by atoms with Gasteiger partial charge in [0.15, 0.2) is 0 Å². The van der Waals surface area contributed by atoms with Crippen LogP contribution in [0.25, 0.3) is 0 Å². The van der Waals surface area contributed by atoms with Crippen LogP contribution in [0.15, 0.2) is 30.3 Å². The van der Waals surface area contributed by atoms with Crippen molar-refractivity contribution in [2.45, 2.75) is 32.5 Å². The summed E-state index contributed by atoms with van der Waals surface area (Å²) >= 11 is 0. The predicted octanol–water partition coefficient (Wildman–Crippen LogP) is 3.00. The van der Waals surface area contributed by atoms with Gasteiger partial charge < -0.3 is 4.74 Å². The summed E-state index contributed by atoms with van der Waals surface area (Å²) in [6.45, 7) is 3.06. The van der Waals surface area contributed by atoms with Gasteiger partial charge in [0.2, 0.25) is 0 Å². The zero-order valence-corrected chi connectivity index (χ0v) is 8.07. The van der Waals surface area contributed by atoms with Crippen LogP contribution < -0.4 is 0 Å². The molecule has 1 saturated carbocycles. The van der Waals surface area contributed by atoms with Gasteiger partial charge in [-0.1, -0.05) is 37.3 Å². The van der Waals surface area contributed by atoms with Crippen LogP contribution in [-0.4, -0.2) is 6.10 Å². The van der Waals surface area contributed by atoms with E-state index in [0.29, 0.717) is 6.10 Å². The van der Waals surface area contributed by atoms with Crippen molar-refractivity contribution in [1.29, 1.82) is 0 Å². The van der Waals surface area contributed by atoms with E-state index >= 15 is 0 Å². The van der Waals surface area contributed by atoms with Crippen LogP contribution in [-0.2, 0) is 11.3 Å². The maximum absolute atomic E-state index is 5.73. The molecule has 0 N–H and O–H groups in total. The van der Waals surface area contributed by atoms with Crippen molar-refractivity contribution in [2.24, 2.45) is 5.92 Å². The minimum absolute atomic E-state index is 0.523. The Bertz CT molecular complexity index is 249. The van der Waals surface area contributed by atoms with E-state index in [-0.39, 0.29) is 0 Å².